The number of primary amides is 1. The summed E-state index contributed by atoms with van der Waals surface area (Å²) in [6, 6.07) is 0. The fourth-order valence-corrected chi connectivity index (χ4v) is 7.45. The number of rotatable bonds is 13. The second-order valence-electron chi connectivity index (χ2n) is 10.3. The first-order valence-corrected chi connectivity index (χ1v) is 17.8. The molecule has 2 fully saturated rings. The predicted octanol–water partition coefficient (Wildman–Crippen LogP) is -5.10. The van der Waals surface area contributed by atoms with E-state index in [2.05, 4.69) is 32.8 Å². The lowest BCUT2D eigenvalue weighted by atomic mass is 10.1. The number of amides is 1. The van der Waals surface area contributed by atoms with Gasteiger partial charge in [-0.15, -0.1) is 0 Å². The number of fused-ring (bicyclic) bond motifs is 1. The third-order valence-corrected chi connectivity index (χ3v) is 10.1. The topological polar surface area (TPSA) is 375 Å². The molecule has 2 saturated heterocycles. The van der Waals surface area contributed by atoms with Crippen LogP contribution in [0.2, 0.25) is 0 Å². The van der Waals surface area contributed by atoms with Crippen LogP contribution in [0.15, 0.2) is 36.7 Å². The number of carbonyl (C=O) groups excluding carboxylic acids is 1. The van der Waals surface area contributed by atoms with Crippen LogP contribution in [-0.2, 0) is 45.8 Å². The molecule has 266 valence electrons. The minimum atomic E-state index is -5.86. The van der Waals surface area contributed by atoms with E-state index in [1.165, 1.54) is 23.4 Å². The van der Waals surface area contributed by atoms with Crippen molar-refractivity contribution in [3.63, 3.8) is 0 Å². The molecule has 0 radical (unpaired) electrons. The van der Waals surface area contributed by atoms with Crippen molar-refractivity contribution in [1.29, 1.82) is 0 Å². The highest BCUT2D eigenvalue weighted by Crippen LogP contribution is 2.56. The van der Waals surface area contributed by atoms with Crippen LogP contribution >= 0.6 is 23.5 Å². The largest absolute Gasteiger partial charge is 0.790 e. The molecule has 6 unspecified atom stereocenters. The van der Waals surface area contributed by atoms with Crippen molar-refractivity contribution >= 4 is 46.4 Å². The molecule has 2 aromatic heterocycles. The standard InChI is InChI=1S/C21H30N7O17P3/c22-17-12-19(25-7-24-17)28(8-26-12)21-16(44-46(33,34)35)14(30)11(43-21)6-41-48(38,39)45-47(36,37)40-5-10-13(29)15(31)20(42-10)27-3-1-2-9(4-27)18(23)32/h1,3-4,7-8,10-11,13-16,20-21,29-31H,2,5-6H2,(H2,23,32)(H,36,37)(H,38,39)(H2,22,24,25)(H2,33,34,35)/p-4/t10?,11-,13?,14-,15?,16-,20?,21-/m1/s1. The molecular weight excluding hydrogens is 715 g/mol. The summed E-state index contributed by atoms with van der Waals surface area (Å²) in [7, 11) is -17.4. The summed E-state index contributed by atoms with van der Waals surface area (Å²) in [4.78, 5) is 71.8. The summed E-state index contributed by atoms with van der Waals surface area (Å²) in [5.41, 5.74) is 11.1. The number of phosphoric ester groups is 3. The molecule has 0 aromatic carbocycles. The molecular formula is C21H26N7O17P3-4. The van der Waals surface area contributed by atoms with Crippen molar-refractivity contribution in [3.05, 3.63) is 36.7 Å². The Hall–Kier alpha value is -2.73. The van der Waals surface area contributed by atoms with Crippen molar-refractivity contribution in [2.24, 2.45) is 5.73 Å². The van der Waals surface area contributed by atoms with E-state index >= 15 is 0 Å². The van der Waals surface area contributed by atoms with Crippen molar-refractivity contribution in [3.8, 4) is 0 Å². The molecule has 0 saturated carbocycles. The average molecular weight is 741 g/mol. The number of nitrogen functional groups attached to an aromatic ring is 1. The maximum atomic E-state index is 12.4. The number of allylic oxidation sites excluding steroid dienone is 1. The van der Waals surface area contributed by atoms with Crippen LogP contribution in [0.25, 0.3) is 11.2 Å². The van der Waals surface area contributed by atoms with Crippen LogP contribution in [-0.4, -0.2) is 102 Å². The monoisotopic (exact) mass is 741 g/mol. The Bertz CT molecular complexity index is 1740. The first-order chi connectivity index (χ1) is 22.4. The quantitative estimate of drug-likeness (QED) is 0.120. The van der Waals surface area contributed by atoms with Gasteiger partial charge in [-0.05, 0) is 6.42 Å². The molecule has 2 aromatic rings. The van der Waals surface area contributed by atoms with Gasteiger partial charge in [-0.25, -0.2) is 19.3 Å². The molecule has 10 atom stereocenters. The van der Waals surface area contributed by atoms with E-state index in [4.69, 9.17) is 20.9 Å². The highest BCUT2D eigenvalue weighted by molar-refractivity contribution is 7.59. The number of aliphatic hydroxyl groups excluding tert-OH is 3. The number of aliphatic hydroxyl groups is 3. The van der Waals surface area contributed by atoms with Gasteiger partial charge in [0.1, 0.15) is 48.5 Å². The Labute approximate surface area is 268 Å². The summed E-state index contributed by atoms with van der Waals surface area (Å²) in [6.07, 6.45) is -7.38. The second kappa shape index (κ2) is 13.9. The fourth-order valence-electron chi connectivity index (χ4n) is 4.91. The van der Waals surface area contributed by atoms with Gasteiger partial charge in [-0.3, -0.25) is 18.5 Å². The number of anilines is 1. The normalized spacial score (nSPS) is 31.9. The van der Waals surface area contributed by atoms with E-state index in [1.807, 2.05) is 0 Å². The maximum Gasteiger partial charge on any atom is 0.274 e. The van der Waals surface area contributed by atoms with Crippen LogP contribution in [0.3, 0.4) is 0 Å². The first-order valence-electron chi connectivity index (χ1n) is 13.4. The predicted molar refractivity (Wildman–Crippen MR) is 144 cm³/mol. The SMILES string of the molecule is NC(=O)C1=CN(C2OC(COP(=O)([O-])OP(=O)([O-])OC[C@H]3O[C@@H](n4cnc5c(N)ncnc54)[C@H](OP(=O)([O-])[O-])[C@@H]3O)C(O)C2O)C=CC1. The van der Waals surface area contributed by atoms with Gasteiger partial charge < -0.3 is 78.9 Å². The lowest BCUT2D eigenvalue weighted by Crippen LogP contribution is -2.40. The zero-order valence-corrected chi connectivity index (χ0v) is 26.6. The molecule has 24 nitrogen and oxygen atoms in total. The molecule has 1 amide bonds. The summed E-state index contributed by atoms with van der Waals surface area (Å²) in [5.74, 6) is -0.849. The molecule has 0 bridgehead atoms. The van der Waals surface area contributed by atoms with Gasteiger partial charge in [0.05, 0.1) is 27.4 Å². The lowest BCUT2D eigenvalue weighted by Gasteiger charge is -2.34. The zero-order chi connectivity index (χ0) is 35.2. The Morgan fingerprint density at radius 3 is 2.21 bits per heavy atom. The highest BCUT2D eigenvalue weighted by atomic mass is 31.3. The fraction of sp³-hybridized carbons (Fsp3) is 0.524. The third-order valence-electron chi connectivity index (χ3n) is 7.09. The first kappa shape index (κ1) is 36.5. The van der Waals surface area contributed by atoms with E-state index in [0.717, 1.165) is 17.2 Å². The van der Waals surface area contributed by atoms with E-state index in [1.54, 1.807) is 0 Å². The Kier molecular flexibility index (Phi) is 10.6. The second-order valence-corrected chi connectivity index (χ2v) is 14.4. The van der Waals surface area contributed by atoms with Gasteiger partial charge >= 0.3 is 0 Å². The van der Waals surface area contributed by atoms with Crippen molar-refractivity contribution in [2.75, 3.05) is 18.9 Å². The van der Waals surface area contributed by atoms with Crippen molar-refractivity contribution < 1.29 is 80.7 Å². The van der Waals surface area contributed by atoms with Gasteiger partial charge in [-0.1, -0.05) is 6.08 Å². The van der Waals surface area contributed by atoms with E-state index in [-0.39, 0.29) is 29.0 Å². The Morgan fingerprint density at radius 1 is 0.958 bits per heavy atom. The summed E-state index contributed by atoms with van der Waals surface area (Å²) in [5, 5.41) is 31.4. The van der Waals surface area contributed by atoms with E-state index in [9.17, 15) is 53.4 Å². The molecule has 3 aliphatic heterocycles. The minimum Gasteiger partial charge on any atom is -0.790 e. The van der Waals surface area contributed by atoms with Gasteiger partial charge in [-0.2, -0.15) is 0 Å². The van der Waals surface area contributed by atoms with Crippen LogP contribution in [0.1, 0.15) is 12.6 Å². The lowest BCUT2D eigenvalue weighted by molar-refractivity contribution is -0.347. The number of hydrogen-bond acceptors (Lipinski definition) is 22. The number of nitrogens with two attached hydrogens (primary N) is 2. The van der Waals surface area contributed by atoms with E-state index in [0.29, 0.717) is 0 Å². The maximum absolute atomic E-state index is 12.4. The smallest absolute Gasteiger partial charge is 0.274 e. The molecule has 0 aliphatic carbocycles. The molecule has 48 heavy (non-hydrogen) atoms. The molecule has 7 N–H and O–H groups in total. The van der Waals surface area contributed by atoms with Crippen LogP contribution in [0.4, 0.5) is 5.82 Å². The summed E-state index contributed by atoms with van der Waals surface area (Å²) >= 11 is 0. The molecule has 0 spiro atoms. The number of hydrogen-bond donors (Lipinski definition) is 5. The highest BCUT2D eigenvalue weighted by Gasteiger charge is 2.48. The minimum absolute atomic E-state index is 0.0167. The molecule has 5 heterocycles. The number of nitrogens with zero attached hydrogens (tertiary/aromatic N) is 5. The number of carbonyl (C=O) groups is 1. The van der Waals surface area contributed by atoms with Gasteiger partial charge in [0.15, 0.2) is 23.9 Å². The number of aromatic nitrogens is 4. The van der Waals surface area contributed by atoms with Crippen LogP contribution in [0.5, 0.6) is 0 Å². The summed E-state index contributed by atoms with van der Waals surface area (Å²) < 4.78 is 65.6. The van der Waals surface area contributed by atoms with Crippen molar-refractivity contribution in [1.82, 2.24) is 24.4 Å². The van der Waals surface area contributed by atoms with Crippen LogP contribution in [0, 0.1) is 0 Å². The van der Waals surface area contributed by atoms with E-state index < -0.39 is 91.7 Å². The number of imidazole rings is 1. The molecule has 5 rings (SSSR count). The van der Waals surface area contributed by atoms with Gasteiger partial charge in [0.2, 0.25) is 5.91 Å². The Balaban J connectivity index is 1.20. The van der Waals surface area contributed by atoms with Gasteiger partial charge in [0.25, 0.3) is 15.6 Å². The van der Waals surface area contributed by atoms with Gasteiger partial charge in [0, 0.05) is 18.0 Å². The Morgan fingerprint density at radius 2 is 1.58 bits per heavy atom. The average Bonchev–Trinajstić information content (AvgIpc) is 3.64. The summed E-state index contributed by atoms with van der Waals surface area (Å²) in [6.45, 7) is -2.26. The molecule has 3 aliphatic rings. The van der Waals surface area contributed by atoms with Crippen LogP contribution < -0.4 is 31.0 Å². The zero-order valence-electron chi connectivity index (χ0n) is 23.9. The number of ether oxygens (including phenoxy) is 2. The third kappa shape index (κ3) is 8.17. The molecule has 27 heteroatoms. The number of phosphoric acid groups is 3. The van der Waals surface area contributed by atoms with Crippen molar-refractivity contribution in [2.45, 2.75) is 55.5 Å².